The summed E-state index contributed by atoms with van der Waals surface area (Å²) in [7, 11) is 0. The van der Waals surface area contributed by atoms with E-state index < -0.39 is 0 Å². The monoisotopic (exact) mass is 1030 g/mol. The van der Waals surface area contributed by atoms with E-state index in [0.29, 0.717) is 5.95 Å². The zero-order valence-corrected chi connectivity index (χ0v) is 40.8. The molecule has 0 amide bonds. The lowest BCUT2D eigenvalue weighted by molar-refractivity contribution is 1.02. The molecule has 1 aliphatic carbocycles. The Bertz CT molecular complexity index is 4100. The van der Waals surface area contributed by atoms with Gasteiger partial charge in [-0.1, -0.05) is 214 Å². The maximum atomic E-state index is 6.15. The molecule has 14 rings (SSSR count). The van der Waals surface area contributed by atoms with Crippen LogP contribution < -0.4 is 0 Å². The van der Waals surface area contributed by atoms with Crippen molar-refractivity contribution >= 4 is 109 Å². The summed E-state index contributed by atoms with van der Waals surface area (Å²) in [6.07, 6.45) is 1.07. The number of benzene rings is 10. The molecule has 0 bridgehead atoms. The van der Waals surface area contributed by atoms with Crippen LogP contribution in [0.25, 0.3) is 105 Å². The van der Waals surface area contributed by atoms with Crippen LogP contribution in [0.3, 0.4) is 0 Å². The summed E-state index contributed by atoms with van der Waals surface area (Å²) >= 11 is 13.5. The van der Waals surface area contributed by atoms with Crippen molar-refractivity contribution in [2.45, 2.75) is 6.42 Å². The Kier molecular flexibility index (Phi) is 11.3. The van der Waals surface area contributed by atoms with Crippen LogP contribution in [0, 0.1) is 0 Å². The van der Waals surface area contributed by atoms with E-state index in [-0.39, 0.29) is 5.28 Å². The smallest absolute Gasteiger partial charge is 0.235 e. The van der Waals surface area contributed by atoms with Crippen molar-refractivity contribution in [1.29, 1.82) is 0 Å². The number of halogens is 3. The van der Waals surface area contributed by atoms with Gasteiger partial charge in [0.1, 0.15) is 0 Å². The molecule has 3 heterocycles. The lowest BCUT2D eigenvalue weighted by atomic mass is 10.0. The molecule has 0 radical (unpaired) electrons. The number of nitrogens with zero attached hydrogens (tertiary/aromatic N) is 5. The zero-order chi connectivity index (χ0) is 46.4. The summed E-state index contributed by atoms with van der Waals surface area (Å²) < 4.78 is 4.46. The van der Waals surface area contributed by atoms with Crippen LogP contribution >= 0.6 is 43.5 Å². The van der Waals surface area contributed by atoms with Gasteiger partial charge in [-0.25, -0.2) is 19.9 Å². The van der Waals surface area contributed by atoms with E-state index in [0.717, 1.165) is 82.4 Å². The molecule has 10 aromatic carbocycles. The topological polar surface area (TPSA) is 56.5 Å². The third kappa shape index (κ3) is 7.83. The molecular formula is C61H38Br2ClN5. The predicted octanol–water partition coefficient (Wildman–Crippen LogP) is 17.4. The molecule has 0 fully saturated rings. The van der Waals surface area contributed by atoms with Gasteiger partial charge in [-0.3, -0.25) is 4.57 Å². The molecule has 69 heavy (non-hydrogen) atoms. The van der Waals surface area contributed by atoms with Gasteiger partial charge in [-0.05, 0) is 87.4 Å². The molecule has 8 heteroatoms. The van der Waals surface area contributed by atoms with Gasteiger partial charge >= 0.3 is 0 Å². The third-order valence-corrected chi connectivity index (χ3v) is 14.3. The predicted molar refractivity (Wildman–Crippen MR) is 294 cm³/mol. The SMILES string of the molecule is Brc1cccc2c1-c1ccccc1C2.Brc1cccc2c1c1ccccc1n2-c1nc(-c2ccccc2)c2ccc3ccccc3c2n1.Clc1nc(-c2ccccc2)c2ccc3ccccc3c2n1. The molecule has 328 valence electrons. The number of hydrogen-bond donors (Lipinski definition) is 0. The van der Waals surface area contributed by atoms with Crippen LogP contribution in [0.5, 0.6) is 0 Å². The number of para-hydroxylation sites is 1. The molecule has 0 atom stereocenters. The maximum absolute atomic E-state index is 6.15. The van der Waals surface area contributed by atoms with Crippen LogP contribution in [-0.2, 0) is 6.42 Å². The highest BCUT2D eigenvalue weighted by molar-refractivity contribution is 9.11. The van der Waals surface area contributed by atoms with Crippen molar-refractivity contribution in [3.05, 3.63) is 244 Å². The molecule has 0 N–H and O–H groups in total. The van der Waals surface area contributed by atoms with Gasteiger partial charge in [-0.2, -0.15) is 0 Å². The van der Waals surface area contributed by atoms with Gasteiger partial charge in [0.25, 0.3) is 0 Å². The van der Waals surface area contributed by atoms with Crippen molar-refractivity contribution in [1.82, 2.24) is 24.5 Å². The minimum atomic E-state index is 0.276. The summed E-state index contributed by atoms with van der Waals surface area (Å²) in [5, 5.41) is 9.23. The van der Waals surface area contributed by atoms with Crippen molar-refractivity contribution < 1.29 is 0 Å². The Morgan fingerprint density at radius 2 is 0.913 bits per heavy atom. The van der Waals surface area contributed by atoms with Crippen LogP contribution in [0.15, 0.2) is 227 Å². The quantitative estimate of drug-likeness (QED) is 0.131. The van der Waals surface area contributed by atoms with Gasteiger partial charge in [0.05, 0.1) is 33.5 Å². The van der Waals surface area contributed by atoms with E-state index in [1.165, 1.54) is 42.9 Å². The molecule has 0 saturated heterocycles. The maximum Gasteiger partial charge on any atom is 0.235 e. The Labute approximate surface area is 420 Å². The van der Waals surface area contributed by atoms with Crippen LogP contribution in [0.1, 0.15) is 11.1 Å². The molecule has 13 aromatic rings. The van der Waals surface area contributed by atoms with Crippen molar-refractivity contribution in [3.63, 3.8) is 0 Å². The summed E-state index contributed by atoms with van der Waals surface area (Å²) in [6, 6.07) is 75.3. The second-order valence-corrected chi connectivity index (χ2v) is 19.0. The zero-order valence-electron chi connectivity index (χ0n) is 36.9. The highest BCUT2D eigenvalue weighted by Crippen LogP contribution is 2.41. The first-order valence-electron chi connectivity index (χ1n) is 22.7. The lowest BCUT2D eigenvalue weighted by Crippen LogP contribution is -2.03. The summed E-state index contributed by atoms with van der Waals surface area (Å²) in [6.45, 7) is 0. The van der Waals surface area contributed by atoms with Crippen LogP contribution in [-0.4, -0.2) is 24.5 Å². The highest BCUT2D eigenvalue weighted by atomic mass is 79.9. The molecule has 5 nitrogen and oxygen atoms in total. The Balaban J connectivity index is 0.000000119. The van der Waals surface area contributed by atoms with Gasteiger partial charge in [-0.15, -0.1) is 0 Å². The van der Waals surface area contributed by atoms with Crippen molar-refractivity contribution in [2.75, 3.05) is 0 Å². The molecular weight excluding hydrogens is 998 g/mol. The van der Waals surface area contributed by atoms with Crippen molar-refractivity contribution in [2.24, 2.45) is 0 Å². The van der Waals surface area contributed by atoms with E-state index in [1.807, 2.05) is 48.5 Å². The fourth-order valence-electron chi connectivity index (χ4n) is 9.75. The van der Waals surface area contributed by atoms with E-state index in [1.54, 1.807) is 0 Å². The second-order valence-electron chi connectivity index (χ2n) is 16.9. The summed E-state index contributed by atoms with van der Waals surface area (Å²) in [5.41, 5.74) is 13.6. The minimum Gasteiger partial charge on any atom is -0.278 e. The normalized spacial score (nSPS) is 11.6. The fourth-order valence-corrected chi connectivity index (χ4v) is 11.1. The van der Waals surface area contributed by atoms with Gasteiger partial charge in [0.15, 0.2) is 0 Å². The Morgan fingerprint density at radius 3 is 1.61 bits per heavy atom. The molecule has 1 aliphatic rings. The molecule has 0 spiro atoms. The fraction of sp³-hybridized carbons (Fsp3) is 0.0164. The van der Waals surface area contributed by atoms with Crippen molar-refractivity contribution in [3.8, 4) is 39.6 Å². The third-order valence-electron chi connectivity index (χ3n) is 12.9. The standard InChI is InChI=1S/C30H18BrN3.C18H11ClN2.C13H9Br/c31-24-14-8-16-26-27(24)22-13-6-7-15-25(22)34(26)30-32-28(20-10-2-1-3-11-20)23-18-17-19-9-4-5-12-21(19)29(23)33-30;19-18-20-16(13-7-2-1-3-8-13)15-11-10-12-6-4-5-9-14(12)17(15)21-18;14-12-7-3-5-10-8-9-4-1-2-6-11(9)13(10)12/h1-18H;1-11H;1-7H,8H2. The first-order chi connectivity index (χ1) is 34.0. The second kappa shape index (κ2) is 18.2. The number of hydrogen-bond acceptors (Lipinski definition) is 4. The largest absolute Gasteiger partial charge is 0.278 e. The van der Waals surface area contributed by atoms with E-state index in [4.69, 9.17) is 21.6 Å². The van der Waals surface area contributed by atoms with Crippen LogP contribution in [0.4, 0.5) is 0 Å². The summed E-state index contributed by atoms with van der Waals surface area (Å²) in [5.74, 6) is 0.673. The van der Waals surface area contributed by atoms with Gasteiger partial charge < -0.3 is 0 Å². The highest BCUT2D eigenvalue weighted by Gasteiger charge is 2.21. The van der Waals surface area contributed by atoms with Gasteiger partial charge in [0.2, 0.25) is 11.2 Å². The van der Waals surface area contributed by atoms with Crippen LogP contribution in [0.2, 0.25) is 5.28 Å². The lowest BCUT2D eigenvalue weighted by Gasteiger charge is -2.13. The average Bonchev–Trinajstić information content (AvgIpc) is 3.96. The first kappa shape index (κ1) is 42.8. The van der Waals surface area contributed by atoms with E-state index in [9.17, 15) is 0 Å². The average molecular weight is 1040 g/mol. The molecule has 3 aromatic heterocycles. The van der Waals surface area contributed by atoms with E-state index in [2.05, 4.69) is 216 Å². The number of rotatable bonds is 3. The molecule has 0 saturated carbocycles. The molecule has 0 unspecified atom stereocenters. The first-order valence-corrected chi connectivity index (χ1v) is 24.6. The minimum absolute atomic E-state index is 0.276. The van der Waals surface area contributed by atoms with Gasteiger partial charge in [0, 0.05) is 52.4 Å². The van der Waals surface area contributed by atoms with E-state index >= 15 is 0 Å². The number of fused-ring (bicyclic) bond motifs is 12. The summed E-state index contributed by atoms with van der Waals surface area (Å²) in [4.78, 5) is 19.3. The molecule has 0 aliphatic heterocycles. The Morgan fingerprint density at radius 1 is 0.391 bits per heavy atom. The Hall–Kier alpha value is -7.55. The number of aromatic nitrogens is 5.